The first-order valence-electron chi connectivity index (χ1n) is 7.12. The summed E-state index contributed by atoms with van der Waals surface area (Å²) in [5.74, 6) is 0.974. The van der Waals surface area contributed by atoms with Gasteiger partial charge in [0, 0.05) is 13.1 Å². The molecule has 1 fully saturated rings. The van der Waals surface area contributed by atoms with Crippen molar-refractivity contribution in [2.75, 3.05) is 19.6 Å². The van der Waals surface area contributed by atoms with E-state index in [0.29, 0.717) is 18.3 Å². The lowest BCUT2D eigenvalue weighted by molar-refractivity contribution is 0.229. The number of ether oxygens (including phenoxy) is 1. The Labute approximate surface area is 142 Å². The van der Waals surface area contributed by atoms with Crippen molar-refractivity contribution in [1.82, 2.24) is 4.90 Å². The van der Waals surface area contributed by atoms with Gasteiger partial charge in [-0.3, -0.25) is 0 Å². The third-order valence-corrected chi connectivity index (χ3v) is 3.34. The van der Waals surface area contributed by atoms with Gasteiger partial charge in [0.2, 0.25) is 0 Å². The lowest BCUT2D eigenvalue weighted by atomic mass is 10.1. The lowest BCUT2D eigenvalue weighted by Crippen LogP contribution is -2.41. The van der Waals surface area contributed by atoms with E-state index < -0.39 is 0 Å². The first kappa shape index (κ1) is 18.0. The molecule has 1 aliphatic rings. The summed E-state index contributed by atoms with van der Waals surface area (Å²) in [7, 11) is 0. The Hall–Kier alpha value is -1.05. The molecular formula is C15H23FIN3O. The number of rotatable bonds is 4. The van der Waals surface area contributed by atoms with E-state index in [1.807, 2.05) is 6.92 Å². The highest BCUT2D eigenvalue weighted by Crippen LogP contribution is 2.13. The standard InChI is InChI=1S/C15H22FN3O.HI/c1-12(20-14-7-5-13(16)6-8-14)11-18-15(17)19-9-3-2-4-10-19;/h5-8,12H,2-4,9-11H2,1H3,(H2,17,18);1H. The Kier molecular flexibility index (Phi) is 7.77. The van der Waals surface area contributed by atoms with Gasteiger partial charge < -0.3 is 15.4 Å². The summed E-state index contributed by atoms with van der Waals surface area (Å²) in [5.41, 5.74) is 5.98. The minimum Gasteiger partial charge on any atom is -0.489 e. The first-order valence-corrected chi connectivity index (χ1v) is 7.12. The summed E-state index contributed by atoms with van der Waals surface area (Å²) in [6, 6.07) is 5.99. The molecule has 0 saturated carbocycles. The molecule has 1 saturated heterocycles. The van der Waals surface area contributed by atoms with Crippen LogP contribution in [0.15, 0.2) is 29.3 Å². The minimum atomic E-state index is -0.266. The van der Waals surface area contributed by atoms with Crippen LogP contribution in [0.1, 0.15) is 26.2 Å². The minimum absolute atomic E-state index is 0. The fourth-order valence-corrected chi connectivity index (χ4v) is 2.23. The van der Waals surface area contributed by atoms with Crippen molar-refractivity contribution >= 4 is 29.9 Å². The summed E-state index contributed by atoms with van der Waals surface area (Å²) < 4.78 is 18.4. The Morgan fingerprint density at radius 1 is 1.29 bits per heavy atom. The molecule has 0 bridgehead atoms. The van der Waals surface area contributed by atoms with Crippen LogP contribution >= 0.6 is 24.0 Å². The van der Waals surface area contributed by atoms with E-state index in [-0.39, 0.29) is 35.9 Å². The number of nitrogens with zero attached hydrogens (tertiary/aromatic N) is 2. The zero-order valence-electron chi connectivity index (χ0n) is 12.3. The Balaban J connectivity index is 0.00000220. The monoisotopic (exact) mass is 407 g/mol. The van der Waals surface area contributed by atoms with Crippen molar-refractivity contribution < 1.29 is 9.13 Å². The van der Waals surface area contributed by atoms with E-state index in [9.17, 15) is 4.39 Å². The molecule has 0 spiro atoms. The van der Waals surface area contributed by atoms with Crippen LogP contribution in [-0.4, -0.2) is 36.6 Å². The molecule has 0 amide bonds. The van der Waals surface area contributed by atoms with Gasteiger partial charge in [0.05, 0.1) is 6.54 Å². The quantitative estimate of drug-likeness (QED) is 0.474. The summed E-state index contributed by atoms with van der Waals surface area (Å²) in [6.07, 6.45) is 3.53. The third-order valence-electron chi connectivity index (χ3n) is 3.34. The van der Waals surface area contributed by atoms with E-state index in [2.05, 4.69) is 9.89 Å². The number of benzene rings is 1. The largest absolute Gasteiger partial charge is 0.489 e. The van der Waals surface area contributed by atoms with Gasteiger partial charge in [-0.1, -0.05) is 0 Å². The van der Waals surface area contributed by atoms with Gasteiger partial charge in [0.1, 0.15) is 17.7 Å². The van der Waals surface area contributed by atoms with Crippen LogP contribution in [-0.2, 0) is 0 Å². The molecule has 4 nitrogen and oxygen atoms in total. The molecule has 6 heteroatoms. The molecule has 1 unspecified atom stereocenters. The van der Waals surface area contributed by atoms with E-state index in [1.165, 1.54) is 31.4 Å². The summed E-state index contributed by atoms with van der Waals surface area (Å²) in [4.78, 5) is 6.50. The fraction of sp³-hybridized carbons (Fsp3) is 0.533. The predicted molar refractivity (Wildman–Crippen MR) is 93.8 cm³/mol. The molecule has 21 heavy (non-hydrogen) atoms. The summed E-state index contributed by atoms with van der Waals surface area (Å²) in [5, 5.41) is 0. The molecule has 1 aliphatic heterocycles. The molecule has 2 rings (SSSR count). The van der Waals surface area contributed by atoms with Gasteiger partial charge in [-0.2, -0.15) is 0 Å². The van der Waals surface area contributed by atoms with Crippen molar-refractivity contribution in [3.8, 4) is 5.75 Å². The summed E-state index contributed by atoms with van der Waals surface area (Å²) >= 11 is 0. The number of hydrogen-bond acceptors (Lipinski definition) is 2. The second kappa shape index (κ2) is 9.07. The first-order chi connectivity index (χ1) is 9.65. The number of guanidine groups is 1. The number of halogens is 2. The van der Waals surface area contributed by atoms with Gasteiger partial charge >= 0.3 is 0 Å². The average Bonchev–Trinajstić information content (AvgIpc) is 2.48. The van der Waals surface area contributed by atoms with Crippen molar-refractivity contribution in [1.29, 1.82) is 0 Å². The molecule has 0 radical (unpaired) electrons. The second-order valence-corrected chi connectivity index (χ2v) is 5.13. The van der Waals surface area contributed by atoms with Crippen molar-refractivity contribution in [2.45, 2.75) is 32.3 Å². The summed E-state index contributed by atoms with van der Waals surface area (Å²) in [6.45, 7) is 4.40. The van der Waals surface area contributed by atoms with Gasteiger partial charge in [0.25, 0.3) is 0 Å². The lowest BCUT2D eigenvalue weighted by Gasteiger charge is -2.27. The SMILES string of the molecule is CC(CN=C(N)N1CCCCC1)Oc1ccc(F)cc1.I. The van der Waals surface area contributed by atoms with Gasteiger partial charge in [-0.25, -0.2) is 9.38 Å². The highest BCUT2D eigenvalue weighted by Gasteiger charge is 2.12. The van der Waals surface area contributed by atoms with E-state index in [1.54, 1.807) is 12.1 Å². The molecule has 0 aliphatic carbocycles. The van der Waals surface area contributed by atoms with Crippen LogP contribution in [0.2, 0.25) is 0 Å². The maximum absolute atomic E-state index is 12.8. The van der Waals surface area contributed by atoms with Crippen LogP contribution in [0.5, 0.6) is 5.75 Å². The molecule has 1 heterocycles. The normalized spacial score (nSPS) is 17.0. The Morgan fingerprint density at radius 2 is 1.90 bits per heavy atom. The van der Waals surface area contributed by atoms with E-state index in [0.717, 1.165) is 13.1 Å². The van der Waals surface area contributed by atoms with Crippen LogP contribution in [0.4, 0.5) is 4.39 Å². The molecule has 1 aromatic rings. The highest BCUT2D eigenvalue weighted by molar-refractivity contribution is 14.0. The molecule has 0 aromatic heterocycles. The fourth-order valence-electron chi connectivity index (χ4n) is 2.23. The van der Waals surface area contributed by atoms with Crippen LogP contribution < -0.4 is 10.5 Å². The van der Waals surface area contributed by atoms with Crippen LogP contribution in [0, 0.1) is 5.82 Å². The van der Waals surface area contributed by atoms with Gasteiger partial charge in [-0.05, 0) is 50.5 Å². The smallest absolute Gasteiger partial charge is 0.191 e. The number of hydrogen-bond donors (Lipinski definition) is 1. The van der Waals surface area contributed by atoms with E-state index in [4.69, 9.17) is 10.5 Å². The van der Waals surface area contributed by atoms with Gasteiger partial charge in [0.15, 0.2) is 5.96 Å². The molecule has 1 aromatic carbocycles. The van der Waals surface area contributed by atoms with Crippen molar-refractivity contribution in [3.05, 3.63) is 30.1 Å². The topological polar surface area (TPSA) is 50.8 Å². The highest BCUT2D eigenvalue weighted by atomic mass is 127. The Morgan fingerprint density at radius 3 is 2.52 bits per heavy atom. The third kappa shape index (κ3) is 6.07. The number of aliphatic imine (C=N–C) groups is 1. The zero-order chi connectivity index (χ0) is 14.4. The van der Waals surface area contributed by atoms with Crippen molar-refractivity contribution in [2.24, 2.45) is 10.7 Å². The maximum Gasteiger partial charge on any atom is 0.191 e. The van der Waals surface area contributed by atoms with Crippen LogP contribution in [0.3, 0.4) is 0 Å². The second-order valence-electron chi connectivity index (χ2n) is 5.13. The zero-order valence-corrected chi connectivity index (χ0v) is 14.6. The number of nitrogens with two attached hydrogens (primary N) is 1. The molecule has 2 N–H and O–H groups in total. The predicted octanol–water partition coefficient (Wildman–Crippen LogP) is 3.01. The maximum atomic E-state index is 12.8. The van der Waals surface area contributed by atoms with E-state index >= 15 is 0 Å². The molecule has 118 valence electrons. The molecular weight excluding hydrogens is 384 g/mol. The van der Waals surface area contributed by atoms with Gasteiger partial charge in [-0.15, -0.1) is 24.0 Å². The van der Waals surface area contributed by atoms with Crippen molar-refractivity contribution in [3.63, 3.8) is 0 Å². The molecule has 1 atom stereocenters. The Bertz CT molecular complexity index is 447. The number of likely N-dealkylation sites (tertiary alicyclic amines) is 1. The average molecular weight is 407 g/mol. The number of piperidine rings is 1. The van der Waals surface area contributed by atoms with Crippen LogP contribution in [0.25, 0.3) is 0 Å².